The van der Waals surface area contributed by atoms with Gasteiger partial charge in [0, 0.05) is 6.20 Å². The van der Waals surface area contributed by atoms with Gasteiger partial charge in [-0.05, 0) is 6.92 Å². The maximum atomic E-state index is 11.6. The Bertz CT molecular complexity index is 579. The normalized spacial score (nSPS) is 10.4. The van der Waals surface area contributed by atoms with Gasteiger partial charge in [-0.15, -0.1) is 0 Å². The molecule has 0 amide bonds. The lowest BCUT2D eigenvalue weighted by Gasteiger charge is -2.04. The van der Waals surface area contributed by atoms with E-state index in [1.807, 2.05) is 0 Å². The molecule has 2 heterocycles. The highest BCUT2D eigenvalue weighted by Gasteiger charge is 2.15. The quantitative estimate of drug-likeness (QED) is 0.752. The van der Waals surface area contributed by atoms with Crippen LogP contribution in [0.1, 0.15) is 17.4 Å². The maximum absolute atomic E-state index is 11.6. The summed E-state index contributed by atoms with van der Waals surface area (Å²) in [6.07, 6.45) is 1.51. The number of imidazole rings is 1. The SMILES string of the molecule is CCOC(=O)c1cn2c(OC)cc(OC)nc2n1. The zero-order chi connectivity index (χ0) is 13.1. The fourth-order valence-electron chi connectivity index (χ4n) is 1.48. The van der Waals surface area contributed by atoms with Crippen LogP contribution in [0.3, 0.4) is 0 Å². The van der Waals surface area contributed by atoms with Gasteiger partial charge < -0.3 is 14.2 Å². The Morgan fingerprint density at radius 3 is 2.72 bits per heavy atom. The molecule has 0 aliphatic carbocycles. The van der Waals surface area contributed by atoms with Crippen molar-refractivity contribution in [1.29, 1.82) is 0 Å². The molecule has 2 aromatic rings. The van der Waals surface area contributed by atoms with Crippen LogP contribution in [0.4, 0.5) is 0 Å². The number of methoxy groups -OCH3 is 2. The van der Waals surface area contributed by atoms with Gasteiger partial charge in [0.15, 0.2) is 5.69 Å². The topological polar surface area (TPSA) is 75.0 Å². The number of hydrogen-bond acceptors (Lipinski definition) is 6. The van der Waals surface area contributed by atoms with Crippen LogP contribution in [0.5, 0.6) is 11.8 Å². The first kappa shape index (κ1) is 12.2. The number of carbonyl (C=O) groups is 1. The third-order valence-electron chi connectivity index (χ3n) is 2.28. The molecule has 2 rings (SSSR count). The summed E-state index contributed by atoms with van der Waals surface area (Å²) in [7, 11) is 3.01. The van der Waals surface area contributed by atoms with Crippen LogP contribution >= 0.6 is 0 Å². The number of nitrogens with zero attached hydrogens (tertiary/aromatic N) is 3. The Hall–Kier alpha value is -2.31. The lowest BCUT2D eigenvalue weighted by Crippen LogP contribution is -2.04. The molecule has 96 valence electrons. The minimum Gasteiger partial charge on any atom is -0.482 e. The van der Waals surface area contributed by atoms with Crippen LogP contribution in [-0.2, 0) is 4.74 Å². The van der Waals surface area contributed by atoms with E-state index in [2.05, 4.69) is 9.97 Å². The molecular formula is C11H13N3O4. The summed E-state index contributed by atoms with van der Waals surface area (Å²) in [4.78, 5) is 19.7. The summed E-state index contributed by atoms with van der Waals surface area (Å²) < 4.78 is 16.6. The second kappa shape index (κ2) is 4.91. The molecule has 0 fully saturated rings. The average Bonchev–Trinajstić information content (AvgIpc) is 2.81. The number of esters is 1. The third kappa shape index (κ3) is 2.06. The van der Waals surface area contributed by atoms with Crippen molar-refractivity contribution < 1.29 is 19.0 Å². The lowest BCUT2D eigenvalue weighted by atomic mass is 10.5. The first-order valence-electron chi connectivity index (χ1n) is 5.34. The van der Waals surface area contributed by atoms with Gasteiger partial charge in [0.2, 0.25) is 17.5 Å². The van der Waals surface area contributed by atoms with Crippen LogP contribution in [-0.4, -0.2) is 41.2 Å². The van der Waals surface area contributed by atoms with Crippen molar-refractivity contribution in [2.75, 3.05) is 20.8 Å². The zero-order valence-electron chi connectivity index (χ0n) is 10.3. The largest absolute Gasteiger partial charge is 0.482 e. The molecule has 18 heavy (non-hydrogen) atoms. The summed E-state index contributed by atoms with van der Waals surface area (Å²) in [6, 6.07) is 1.60. The predicted octanol–water partition coefficient (Wildman–Crippen LogP) is 0.923. The first-order chi connectivity index (χ1) is 8.69. The molecule has 0 saturated carbocycles. The molecule has 7 nitrogen and oxygen atoms in total. The Balaban J connectivity index is 2.52. The number of rotatable bonds is 4. The van der Waals surface area contributed by atoms with E-state index in [1.54, 1.807) is 17.4 Å². The fraction of sp³-hybridized carbons (Fsp3) is 0.364. The highest BCUT2D eigenvalue weighted by molar-refractivity contribution is 5.87. The molecule has 0 atom stereocenters. The van der Waals surface area contributed by atoms with Crippen LogP contribution < -0.4 is 9.47 Å². The van der Waals surface area contributed by atoms with Crippen LogP contribution in [0.15, 0.2) is 12.3 Å². The monoisotopic (exact) mass is 251 g/mol. The van der Waals surface area contributed by atoms with Crippen LogP contribution in [0, 0.1) is 0 Å². The lowest BCUT2D eigenvalue weighted by molar-refractivity contribution is 0.0520. The maximum Gasteiger partial charge on any atom is 0.358 e. The van der Waals surface area contributed by atoms with Crippen molar-refractivity contribution in [3.05, 3.63) is 18.0 Å². The standard InChI is InChI=1S/C11H13N3O4/c1-4-18-10(15)7-6-14-9(17-3)5-8(16-2)13-11(14)12-7/h5-6H,4H2,1-3H3. The van der Waals surface area contributed by atoms with Gasteiger partial charge in [-0.25, -0.2) is 9.78 Å². The van der Waals surface area contributed by atoms with Crippen LogP contribution in [0.25, 0.3) is 5.78 Å². The molecule has 0 N–H and O–H groups in total. The van der Waals surface area contributed by atoms with Crippen molar-refractivity contribution in [3.63, 3.8) is 0 Å². The number of aromatic nitrogens is 3. The number of carbonyl (C=O) groups excluding carboxylic acids is 1. The van der Waals surface area contributed by atoms with Gasteiger partial charge in [-0.1, -0.05) is 0 Å². The van der Waals surface area contributed by atoms with E-state index < -0.39 is 5.97 Å². The van der Waals surface area contributed by atoms with E-state index in [4.69, 9.17) is 14.2 Å². The minimum atomic E-state index is -0.496. The number of hydrogen-bond donors (Lipinski definition) is 0. The van der Waals surface area contributed by atoms with Gasteiger partial charge in [0.05, 0.1) is 26.9 Å². The summed E-state index contributed by atoms with van der Waals surface area (Å²) in [5.74, 6) is 0.651. The molecule has 0 aliphatic rings. The van der Waals surface area contributed by atoms with Gasteiger partial charge in [-0.3, -0.25) is 4.40 Å². The smallest absolute Gasteiger partial charge is 0.358 e. The molecule has 0 unspecified atom stereocenters. The third-order valence-corrected chi connectivity index (χ3v) is 2.28. The van der Waals surface area contributed by atoms with Gasteiger partial charge in [0.1, 0.15) is 0 Å². The minimum absolute atomic E-state index is 0.177. The molecule has 0 saturated heterocycles. The highest BCUT2D eigenvalue weighted by atomic mass is 16.5. The first-order valence-corrected chi connectivity index (χ1v) is 5.34. The van der Waals surface area contributed by atoms with Crippen molar-refractivity contribution in [3.8, 4) is 11.8 Å². The Morgan fingerprint density at radius 1 is 1.33 bits per heavy atom. The summed E-state index contributed by atoms with van der Waals surface area (Å²) in [6.45, 7) is 2.02. The van der Waals surface area contributed by atoms with Crippen LogP contribution in [0.2, 0.25) is 0 Å². The Kier molecular flexibility index (Phi) is 3.31. The highest BCUT2D eigenvalue weighted by Crippen LogP contribution is 2.20. The van der Waals surface area contributed by atoms with Crippen molar-refractivity contribution >= 4 is 11.7 Å². The summed E-state index contributed by atoms with van der Waals surface area (Å²) in [5, 5.41) is 0. The van der Waals surface area contributed by atoms with Crippen molar-refractivity contribution in [2.24, 2.45) is 0 Å². The van der Waals surface area contributed by atoms with E-state index >= 15 is 0 Å². The molecule has 2 aromatic heterocycles. The average molecular weight is 251 g/mol. The van der Waals surface area contributed by atoms with E-state index in [-0.39, 0.29) is 5.69 Å². The summed E-state index contributed by atoms with van der Waals surface area (Å²) >= 11 is 0. The second-order valence-electron chi connectivity index (χ2n) is 3.36. The van der Waals surface area contributed by atoms with E-state index in [0.29, 0.717) is 24.1 Å². The summed E-state index contributed by atoms with van der Waals surface area (Å²) in [5.41, 5.74) is 0.177. The molecular weight excluding hydrogens is 238 g/mol. The molecule has 0 bridgehead atoms. The number of ether oxygens (including phenoxy) is 3. The molecule has 0 radical (unpaired) electrons. The van der Waals surface area contributed by atoms with Gasteiger partial charge >= 0.3 is 5.97 Å². The molecule has 7 heteroatoms. The van der Waals surface area contributed by atoms with E-state index in [1.165, 1.54) is 20.4 Å². The Labute approximate surface area is 103 Å². The van der Waals surface area contributed by atoms with E-state index in [0.717, 1.165) is 0 Å². The number of fused-ring (bicyclic) bond motifs is 1. The van der Waals surface area contributed by atoms with Gasteiger partial charge in [0.25, 0.3) is 0 Å². The second-order valence-corrected chi connectivity index (χ2v) is 3.36. The van der Waals surface area contributed by atoms with Gasteiger partial charge in [-0.2, -0.15) is 4.98 Å². The molecule has 0 spiro atoms. The van der Waals surface area contributed by atoms with Crippen molar-refractivity contribution in [1.82, 2.24) is 14.4 Å². The molecule has 0 aromatic carbocycles. The fourth-order valence-corrected chi connectivity index (χ4v) is 1.48. The van der Waals surface area contributed by atoms with Crippen molar-refractivity contribution in [2.45, 2.75) is 6.92 Å². The van der Waals surface area contributed by atoms with E-state index in [9.17, 15) is 4.79 Å². The Morgan fingerprint density at radius 2 is 2.11 bits per heavy atom. The predicted molar refractivity (Wildman–Crippen MR) is 62.0 cm³/mol. The molecule has 0 aliphatic heterocycles. The zero-order valence-corrected chi connectivity index (χ0v) is 10.3.